The Bertz CT molecular complexity index is 1070. The molecule has 0 heterocycles. The molecule has 0 aliphatic rings. The number of amides is 2. The van der Waals surface area contributed by atoms with Crippen molar-refractivity contribution in [2.24, 2.45) is 0 Å². The topological polar surface area (TPSA) is 129 Å². The Labute approximate surface area is 209 Å². The molecule has 0 unspecified atom stereocenters. The second kappa shape index (κ2) is 13.0. The minimum absolute atomic E-state index is 0.0866. The van der Waals surface area contributed by atoms with E-state index in [1.165, 1.54) is 0 Å². The third kappa shape index (κ3) is 12.3. The van der Waals surface area contributed by atoms with Gasteiger partial charge in [0.15, 0.2) is 13.2 Å². The molecule has 0 radical (unpaired) electrons. The highest BCUT2D eigenvalue weighted by Gasteiger charge is 2.31. The number of carbonyl (C=O) groups excluding carboxylic acids is 4. The molecule has 2 N–H and O–H groups in total. The number of hydrogen-bond donors (Lipinski definition) is 2. The number of ether oxygens (including phenoxy) is 4. The molecule has 0 aliphatic carbocycles. The first kappa shape index (κ1) is 29.5. The number of carbonyl (C=O) groups is 4. The average molecular weight is 550 g/mol. The number of esters is 2. The zero-order chi connectivity index (χ0) is 28.3. The number of anilines is 2. The van der Waals surface area contributed by atoms with Crippen LogP contribution >= 0.6 is 0 Å². The molecule has 0 spiro atoms. The van der Waals surface area contributed by atoms with Gasteiger partial charge in [-0.25, -0.2) is 9.59 Å². The van der Waals surface area contributed by atoms with Gasteiger partial charge < -0.3 is 29.6 Å². The fourth-order valence-corrected chi connectivity index (χ4v) is 2.38. The number of hydrogen-bond acceptors (Lipinski definition) is 8. The largest absolute Gasteiger partial charge is 0.573 e. The minimum Gasteiger partial charge on any atom is -0.452 e. The van der Waals surface area contributed by atoms with Crippen LogP contribution in [0.15, 0.2) is 60.7 Å². The SMILES string of the molecule is O=C(COC(=O)C=CC(=O)OCC(=O)Nc1ccc(OC(F)(F)F)cc1)Nc1ccc(OC(F)(F)F)cc1. The fourth-order valence-electron chi connectivity index (χ4n) is 2.38. The van der Waals surface area contributed by atoms with Gasteiger partial charge in [0.25, 0.3) is 11.8 Å². The number of alkyl halides is 6. The van der Waals surface area contributed by atoms with E-state index in [9.17, 15) is 45.5 Å². The zero-order valence-electron chi connectivity index (χ0n) is 18.7. The second-order valence-corrected chi connectivity index (χ2v) is 6.79. The standard InChI is InChI=1S/C22H16F6N2O8/c23-21(24,25)37-15-5-1-13(2-6-15)29-17(31)11-35-19(33)9-10-20(34)36-12-18(32)30-14-3-7-16(8-4-14)38-22(26,27)28/h1-10H,11-12H2,(H,29,31)(H,30,32). The van der Waals surface area contributed by atoms with E-state index < -0.39 is 61.2 Å². The number of benzene rings is 2. The monoisotopic (exact) mass is 550 g/mol. The second-order valence-electron chi connectivity index (χ2n) is 6.79. The number of nitrogens with one attached hydrogen (secondary N) is 2. The van der Waals surface area contributed by atoms with Crippen molar-refractivity contribution in [3.63, 3.8) is 0 Å². The summed E-state index contributed by atoms with van der Waals surface area (Å²) in [6, 6.07) is 8.27. The van der Waals surface area contributed by atoms with Crippen molar-refractivity contribution in [2.45, 2.75) is 12.7 Å². The van der Waals surface area contributed by atoms with Crippen LogP contribution in [0.25, 0.3) is 0 Å². The normalized spacial score (nSPS) is 11.4. The summed E-state index contributed by atoms with van der Waals surface area (Å²) in [5.41, 5.74) is 0.173. The van der Waals surface area contributed by atoms with Crippen molar-refractivity contribution < 1.29 is 64.5 Å². The molecule has 0 atom stereocenters. The molecule has 0 bridgehead atoms. The van der Waals surface area contributed by atoms with Gasteiger partial charge >= 0.3 is 24.7 Å². The minimum atomic E-state index is -4.88. The number of rotatable bonds is 10. The fraction of sp³-hybridized carbons (Fsp3) is 0.182. The van der Waals surface area contributed by atoms with Gasteiger partial charge in [-0.3, -0.25) is 9.59 Å². The van der Waals surface area contributed by atoms with E-state index in [0.29, 0.717) is 12.2 Å². The molecular formula is C22H16F6N2O8. The summed E-state index contributed by atoms with van der Waals surface area (Å²) in [6.45, 7) is -1.59. The Morgan fingerprint density at radius 3 is 1.21 bits per heavy atom. The van der Waals surface area contributed by atoms with Crippen LogP contribution in [0.5, 0.6) is 11.5 Å². The van der Waals surface area contributed by atoms with Crippen molar-refractivity contribution in [1.29, 1.82) is 0 Å². The Balaban J connectivity index is 1.68. The van der Waals surface area contributed by atoms with Crippen LogP contribution in [0.4, 0.5) is 37.7 Å². The summed E-state index contributed by atoms with van der Waals surface area (Å²) < 4.78 is 89.3. The van der Waals surface area contributed by atoms with E-state index in [1.807, 2.05) is 0 Å². The highest BCUT2D eigenvalue weighted by Crippen LogP contribution is 2.25. The van der Waals surface area contributed by atoms with Crippen molar-refractivity contribution in [3.05, 3.63) is 60.7 Å². The molecule has 0 aromatic heterocycles. The van der Waals surface area contributed by atoms with Crippen molar-refractivity contribution in [1.82, 2.24) is 0 Å². The van der Waals surface area contributed by atoms with Crippen molar-refractivity contribution in [3.8, 4) is 11.5 Å². The van der Waals surface area contributed by atoms with Crippen molar-refractivity contribution >= 4 is 35.1 Å². The lowest BCUT2D eigenvalue weighted by atomic mass is 10.3. The van der Waals surface area contributed by atoms with Gasteiger partial charge in [-0.05, 0) is 48.5 Å². The molecule has 204 valence electrons. The maximum absolute atomic E-state index is 12.1. The van der Waals surface area contributed by atoms with E-state index in [4.69, 9.17) is 0 Å². The summed E-state index contributed by atoms with van der Waals surface area (Å²) >= 11 is 0. The molecular weight excluding hydrogens is 534 g/mol. The first-order chi connectivity index (χ1) is 17.7. The van der Waals surface area contributed by atoms with Crippen LogP contribution in [0, 0.1) is 0 Å². The number of halogens is 6. The molecule has 2 aromatic rings. The summed E-state index contributed by atoms with van der Waals surface area (Å²) in [5.74, 6) is -4.95. The van der Waals surface area contributed by atoms with Crippen LogP contribution in [-0.2, 0) is 28.7 Å². The van der Waals surface area contributed by atoms with E-state index in [1.54, 1.807) is 0 Å². The molecule has 2 aromatic carbocycles. The van der Waals surface area contributed by atoms with E-state index in [-0.39, 0.29) is 11.4 Å². The van der Waals surface area contributed by atoms with Gasteiger partial charge in [0, 0.05) is 23.5 Å². The Hall–Kier alpha value is -4.76. The summed E-state index contributed by atoms with van der Waals surface area (Å²) in [7, 11) is 0. The molecule has 0 fully saturated rings. The molecule has 0 saturated carbocycles. The molecule has 0 aliphatic heterocycles. The molecule has 10 nitrogen and oxygen atoms in total. The van der Waals surface area contributed by atoms with Crippen LogP contribution in [0.1, 0.15) is 0 Å². The Kier molecular flexibility index (Phi) is 10.1. The van der Waals surface area contributed by atoms with E-state index in [2.05, 4.69) is 29.6 Å². The summed E-state index contributed by atoms with van der Waals surface area (Å²) in [4.78, 5) is 46.7. The van der Waals surface area contributed by atoms with E-state index >= 15 is 0 Å². The van der Waals surface area contributed by atoms with Gasteiger partial charge in [-0.1, -0.05) is 0 Å². The Morgan fingerprint density at radius 2 is 0.921 bits per heavy atom. The van der Waals surface area contributed by atoms with Gasteiger partial charge in [0.05, 0.1) is 0 Å². The lowest BCUT2D eigenvalue weighted by molar-refractivity contribution is -0.275. The van der Waals surface area contributed by atoms with Crippen LogP contribution in [0.3, 0.4) is 0 Å². The van der Waals surface area contributed by atoms with Gasteiger partial charge in [0.1, 0.15) is 11.5 Å². The molecule has 2 rings (SSSR count). The van der Waals surface area contributed by atoms with Gasteiger partial charge in [0.2, 0.25) is 0 Å². The lowest BCUT2D eigenvalue weighted by Crippen LogP contribution is -2.21. The van der Waals surface area contributed by atoms with Gasteiger partial charge in [-0.15, -0.1) is 26.3 Å². The summed E-state index contributed by atoms with van der Waals surface area (Å²) in [6.07, 6.45) is -8.54. The lowest BCUT2D eigenvalue weighted by Gasteiger charge is -2.10. The molecule has 38 heavy (non-hydrogen) atoms. The smallest absolute Gasteiger partial charge is 0.452 e. The highest BCUT2D eigenvalue weighted by molar-refractivity contribution is 5.97. The predicted molar refractivity (Wildman–Crippen MR) is 115 cm³/mol. The quantitative estimate of drug-likeness (QED) is 0.260. The van der Waals surface area contributed by atoms with Crippen LogP contribution in [-0.4, -0.2) is 49.7 Å². The average Bonchev–Trinajstić information content (AvgIpc) is 2.81. The molecule has 0 saturated heterocycles. The van der Waals surface area contributed by atoms with E-state index in [0.717, 1.165) is 48.5 Å². The van der Waals surface area contributed by atoms with Crippen LogP contribution in [0.2, 0.25) is 0 Å². The maximum Gasteiger partial charge on any atom is 0.573 e. The van der Waals surface area contributed by atoms with Gasteiger partial charge in [-0.2, -0.15) is 0 Å². The van der Waals surface area contributed by atoms with Crippen molar-refractivity contribution in [2.75, 3.05) is 23.8 Å². The first-order valence-corrected chi connectivity index (χ1v) is 10.0. The third-order valence-electron chi connectivity index (χ3n) is 3.79. The molecule has 2 amide bonds. The molecule has 16 heteroatoms. The third-order valence-corrected chi connectivity index (χ3v) is 3.79. The summed E-state index contributed by atoms with van der Waals surface area (Å²) in [5, 5.41) is 4.50. The predicted octanol–water partition coefficient (Wildman–Crippen LogP) is 3.70. The first-order valence-electron chi connectivity index (χ1n) is 10.0. The zero-order valence-corrected chi connectivity index (χ0v) is 18.7. The van der Waals surface area contributed by atoms with Crippen LogP contribution < -0.4 is 20.1 Å². The highest BCUT2D eigenvalue weighted by atomic mass is 19.4. The maximum atomic E-state index is 12.1. The Morgan fingerprint density at radius 1 is 0.605 bits per heavy atom.